The summed E-state index contributed by atoms with van der Waals surface area (Å²) in [4.78, 5) is 17.9. The van der Waals surface area contributed by atoms with Gasteiger partial charge in [-0.25, -0.2) is 9.78 Å². The number of benzene rings is 2. The van der Waals surface area contributed by atoms with Crippen LogP contribution in [-0.2, 0) is 6.18 Å². The van der Waals surface area contributed by atoms with Crippen molar-refractivity contribution >= 4 is 28.6 Å². The van der Waals surface area contributed by atoms with Crippen molar-refractivity contribution in [2.45, 2.75) is 6.18 Å². The molecule has 1 heterocycles. The highest BCUT2D eigenvalue weighted by molar-refractivity contribution is 6.30. The van der Waals surface area contributed by atoms with Gasteiger partial charge in [-0.1, -0.05) is 17.7 Å². The number of nitrogens with zero attached hydrogens (tertiary/aromatic N) is 1. The van der Waals surface area contributed by atoms with Crippen LogP contribution in [0, 0.1) is 0 Å². The summed E-state index contributed by atoms with van der Waals surface area (Å²) in [6, 6.07) is 7.50. The number of H-pyrrole nitrogens is 1. The van der Waals surface area contributed by atoms with Gasteiger partial charge in [0, 0.05) is 10.6 Å². The predicted molar refractivity (Wildman–Crippen MR) is 78.5 cm³/mol. The Kier molecular flexibility index (Phi) is 3.52. The van der Waals surface area contributed by atoms with Crippen LogP contribution < -0.4 is 0 Å². The lowest BCUT2D eigenvalue weighted by atomic mass is 10.1. The Labute approximate surface area is 132 Å². The number of halogens is 4. The Balaban J connectivity index is 2.28. The number of aromatic carboxylic acids is 1. The van der Waals surface area contributed by atoms with Gasteiger partial charge in [0.1, 0.15) is 11.3 Å². The van der Waals surface area contributed by atoms with E-state index in [0.717, 1.165) is 18.2 Å². The van der Waals surface area contributed by atoms with Crippen LogP contribution in [0.5, 0.6) is 0 Å². The Morgan fingerprint density at radius 2 is 1.96 bits per heavy atom. The third kappa shape index (κ3) is 2.75. The number of fused-ring (bicyclic) bond motifs is 1. The summed E-state index contributed by atoms with van der Waals surface area (Å²) in [5.74, 6) is -1.31. The van der Waals surface area contributed by atoms with Crippen LogP contribution in [0.25, 0.3) is 22.4 Å². The number of hydrogen-bond donors (Lipinski definition) is 2. The number of carbonyl (C=O) groups is 1. The first-order chi connectivity index (χ1) is 10.8. The van der Waals surface area contributed by atoms with E-state index in [-0.39, 0.29) is 27.5 Å². The normalized spacial score (nSPS) is 11.8. The maximum Gasteiger partial charge on any atom is 0.417 e. The zero-order valence-corrected chi connectivity index (χ0v) is 12.0. The van der Waals surface area contributed by atoms with Crippen LogP contribution in [0.15, 0.2) is 36.4 Å². The van der Waals surface area contributed by atoms with Gasteiger partial charge in [-0.15, -0.1) is 0 Å². The second-order valence-electron chi connectivity index (χ2n) is 4.78. The molecule has 0 saturated carbocycles. The number of para-hydroxylation sites is 1. The number of aromatic nitrogens is 2. The number of aromatic amines is 1. The lowest BCUT2D eigenvalue weighted by molar-refractivity contribution is -0.137. The van der Waals surface area contributed by atoms with E-state index in [1.807, 2.05) is 0 Å². The van der Waals surface area contributed by atoms with Crippen LogP contribution in [0.1, 0.15) is 15.9 Å². The molecule has 0 aliphatic carbocycles. The molecule has 4 nitrogen and oxygen atoms in total. The molecule has 8 heteroatoms. The van der Waals surface area contributed by atoms with Gasteiger partial charge in [0.25, 0.3) is 0 Å². The standard InChI is InChI=1S/C15H8ClF3N2O2/c16-7-4-5-10(15(17,18)19)9(6-7)13-20-11-3-1-2-8(14(22)23)12(11)21-13/h1-6H,(H,20,21)(H,22,23). The number of rotatable bonds is 2. The minimum absolute atomic E-state index is 0.0862. The van der Waals surface area contributed by atoms with E-state index in [2.05, 4.69) is 9.97 Å². The first-order valence-corrected chi connectivity index (χ1v) is 6.74. The van der Waals surface area contributed by atoms with Gasteiger partial charge in [-0.05, 0) is 30.3 Å². The molecule has 0 radical (unpaired) electrons. The second-order valence-corrected chi connectivity index (χ2v) is 5.22. The molecule has 118 valence electrons. The fourth-order valence-corrected chi connectivity index (χ4v) is 2.46. The Morgan fingerprint density at radius 3 is 2.61 bits per heavy atom. The number of alkyl halides is 3. The molecule has 0 spiro atoms. The fourth-order valence-electron chi connectivity index (χ4n) is 2.29. The molecule has 0 unspecified atom stereocenters. The summed E-state index contributed by atoms with van der Waals surface area (Å²) in [5, 5.41) is 9.25. The third-order valence-electron chi connectivity index (χ3n) is 3.29. The molecule has 23 heavy (non-hydrogen) atoms. The summed E-state index contributed by atoms with van der Waals surface area (Å²) < 4.78 is 39.4. The lowest BCUT2D eigenvalue weighted by Gasteiger charge is -2.11. The molecule has 0 bridgehead atoms. The maximum absolute atomic E-state index is 13.1. The molecule has 0 aliphatic rings. The average Bonchev–Trinajstić information content (AvgIpc) is 2.89. The largest absolute Gasteiger partial charge is 0.478 e. The van der Waals surface area contributed by atoms with Gasteiger partial charge in [-0.2, -0.15) is 13.2 Å². The third-order valence-corrected chi connectivity index (χ3v) is 3.52. The molecule has 0 fully saturated rings. The van der Waals surface area contributed by atoms with Crippen molar-refractivity contribution in [2.24, 2.45) is 0 Å². The quantitative estimate of drug-likeness (QED) is 0.716. The van der Waals surface area contributed by atoms with E-state index in [0.29, 0.717) is 5.52 Å². The topological polar surface area (TPSA) is 66.0 Å². The van der Waals surface area contributed by atoms with E-state index >= 15 is 0 Å². The number of carboxylic acids is 1. The molecule has 0 aliphatic heterocycles. The van der Waals surface area contributed by atoms with E-state index < -0.39 is 17.7 Å². The minimum atomic E-state index is -4.59. The average molecular weight is 341 g/mol. The smallest absolute Gasteiger partial charge is 0.417 e. The Hall–Kier alpha value is -2.54. The molecular formula is C15H8ClF3N2O2. The Bertz CT molecular complexity index is 919. The van der Waals surface area contributed by atoms with Crippen molar-refractivity contribution in [1.29, 1.82) is 0 Å². The summed E-state index contributed by atoms with van der Waals surface area (Å²) in [5.41, 5.74) is -0.827. The van der Waals surface area contributed by atoms with E-state index in [1.54, 1.807) is 0 Å². The SMILES string of the molecule is O=C(O)c1cccc2[nH]c(-c3cc(Cl)ccc3C(F)(F)F)nc12. The molecule has 3 rings (SSSR count). The summed E-state index contributed by atoms with van der Waals surface area (Å²) in [6.45, 7) is 0. The zero-order chi connectivity index (χ0) is 16.8. The highest BCUT2D eigenvalue weighted by Gasteiger charge is 2.34. The summed E-state index contributed by atoms with van der Waals surface area (Å²) in [7, 11) is 0. The molecule has 2 aromatic carbocycles. The first-order valence-electron chi connectivity index (χ1n) is 6.36. The first kappa shape index (κ1) is 15.4. The van der Waals surface area contributed by atoms with Crippen molar-refractivity contribution in [3.8, 4) is 11.4 Å². The van der Waals surface area contributed by atoms with E-state index in [9.17, 15) is 18.0 Å². The van der Waals surface area contributed by atoms with Gasteiger partial charge >= 0.3 is 12.1 Å². The number of hydrogen-bond acceptors (Lipinski definition) is 2. The molecule has 1 aromatic heterocycles. The molecule has 0 atom stereocenters. The minimum Gasteiger partial charge on any atom is -0.478 e. The fraction of sp³-hybridized carbons (Fsp3) is 0.0667. The van der Waals surface area contributed by atoms with Crippen LogP contribution in [0.4, 0.5) is 13.2 Å². The molecular weight excluding hydrogens is 333 g/mol. The molecule has 0 amide bonds. The van der Waals surface area contributed by atoms with E-state index in [4.69, 9.17) is 16.7 Å². The monoisotopic (exact) mass is 340 g/mol. The number of carboxylic acid groups (broad SMARTS) is 1. The van der Waals surface area contributed by atoms with Crippen molar-refractivity contribution < 1.29 is 23.1 Å². The van der Waals surface area contributed by atoms with Gasteiger partial charge in [0.05, 0.1) is 16.6 Å². The summed E-state index contributed by atoms with van der Waals surface area (Å²) >= 11 is 5.79. The molecule has 3 aromatic rings. The predicted octanol–water partition coefficient (Wildman–Crippen LogP) is 4.60. The van der Waals surface area contributed by atoms with Crippen LogP contribution in [-0.4, -0.2) is 21.0 Å². The number of imidazole rings is 1. The van der Waals surface area contributed by atoms with Gasteiger partial charge in [0.2, 0.25) is 0 Å². The van der Waals surface area contributed by atoms with Crippen LogP contribution in [0.2, 0.25) is 5.02 Å². The van der Waals surface area contributed by atoms with E-state index in [1.165, 1.54) is 18.2 Å². The second kappa shape index (κ2) is 5.27. The Morgan fingerprint density at radius 1 is 1.22 bits per heavy atom. The van der Waals surface area contributed by atoms with Crippen molar-refractivity contribution in [3.63, 3.8) is 0 Å². The maximum atomic E-state index is 13.1. The number of nitrogens with one attached hydrogen (secondary N) is 1. The van der Waals surface area contributed by atoms with Gasteiger partial charge in [0.15, 0.2) is 0 Å². The van der Waals surface area contributed by atoms with Crippen LogP contribution >= 0.6 is 11.6 Å². The highest BCUT2D eigenvalue weighted by Crippen LogP contribution is 2.38. The highest BCUT2D eigenvalue weighted by atomic mass is 35.5. The van der Waals surface area contributed by atoms with Gasteiger partial charge in [-0.3, -0.25) is 0 Å². The van der Waals surface area contributed by atoms with Gasteiger partial charge < -0.3 is 10.1 Å². The lowest BCUT2D eigenvalue weighted by Crippen LogP contribution is -2.07. The van der Waals surface area contributed by atoms with Crippen LogP contribution in [0.3, 0.4) is 0 Å². The molecule has 2 N–H and O–H groups in total. The van der Waals surface area contributed by atoms with Crippen molar-refractivity contribution in [3.05, 3.63) is 52.5 Å². The van der Waals surface area contributed by atoms with Crippen molar-refractivity contribution in [1.82, 2.24) is 9.97 Å². The van der Waals surface area contributed by atoms with Crippen molar-refractivity contribution in [2.75, 3.05) is 0 Å². The molecule has 0 saturated heterocycles. The zero-order valence-electron chi connectivity index (χ0n) is 11.3. The summed E-state index contributed by atoms with van der Waals surface area (Å²) in [6.07, 6.45) is -4.59.